The van der Waals surface area contributed by atoms with Crippen LogP contribution in [0, 0.1) is 5.95 Å². The van der Waals surface area contributed by atoms with Crippen LogP contribution in [-0.4, -0.2) is 57.9 Å². The Balaban J connectivity index is 1.38. The molecular formula is C22H23FN4O. The third kappa shape index (κ3) is 2.98. The molecule has 1 saturated heterocycles. The molecule has 1 aromatic heterocycles. The fourth-order valence-electron chi connectivity index (χ4n) is 4.24. The minimum atomic E-state index is -0.658. The monoisotopic (exact) mass is 378 g/mol. The van der Waals surface area contributed by atoms with E-state index in [0.717, 1.165) is 29.4 Å². The van der Waals surface area contributed by atoms with Gasteiger partial charge in [-0.05, 0) is 23.6 Å². The van der Waals surface area contributed by atoms with Gasteiger partial charge in [0.25, 0.3) is 5.91 Å². The highest BCUT2D eigenvalue weighted by Gasteiger charge is 2.31. The molecule has 0 radical (unpaired) electrons. The Hall–Kier alpha value is -2.73. The van der Waals surface area contributed by atoms with E-state index in [2.05, 4.69) is 14.9 Å². The van der Waals surface area contributed by atoms with Crippen LogP contribution in [0.1, 0.15) is 29.8 Å². The van der Waals surface area contributed by atoms with Gasteiger partial charge in [-0.3, -0.25) is 9.69 Å². The van der Waals surface area contributed by atoms with Crippen LogP contribution in [0.15, 0.2) is 42.5 Å². The van der Waals surface area contributed by atoms with Gasteiger partial charge in [0.1, 0.15) is 5.82 Å². The average Bonchev–Trinajstić information content (AvgIpc) is 3.08. The van der Waals surface area contributed by atoms with E-state index in [1.54, 1.807) is 4.90 Å². The number of fused-ring (bicyclic) bond motifs is 1. The highest BCUT2D eigenvalue weighted by Crippen LogP contribution is 2.28. The molecule has 144 valence electrons. The van der Waals surface area contributed by atoms with Crippen molar-refractivity contribution in [1.29, 1.82) is 0 Å². The van der Waals surface area contributed by atoms with Crippen LogP contribution in [0.25, 0.3) is 22.2 Å². The van der Waals surface area contributed by atoms with Gasteiger partial charge in [0.15, 0.2) is 5.69 Å². The van der Waals surface area contributed by atoms with Crippen molar-refractivity contribution in [1.82, 2.24) is 19.8 Å². The predicted octanol–water partition coefficient (Wildman–Crippen LogP) is 3.68. The molecule has 2 fully saturated rings. The number of imidazole rings is 1. The number of carbonyl (C=O) groups excluding carboxylic acids is 1. The summed E-state index contributed by atoms with van der Waals surface area (Å²) in [5.41, 5.74) is 0.686. The quantitative estimate of drug-likeness (QED) is 0.756. The third-order valence-corrected chi connectivity index (χ3v) is 6.10. The first-order chi connectivity index (χ1) is 13.7. The van der Waals surface area contributed by atoms with E-state index in [1.165, 1.54) is 19.3 Å². The number of nitrogens with zero attached hydrogens (tertiary/aromatic N) is 3. The molecule has 0 unspecified atom stereocenters. The summed E-state index contributed by atoms with van der Waals surface area (Å²) >= 11 is 0. The lowest BCUT2D eigenvalue weighted by Crippen LogP contribution is -2.53. The summed E-state index contributed by atoms with van der Waals surface area (Å²) in [6, 6.07) is 14.4. The van der Waals surface area contributed by atoms with Gasteiger partial charge >= 0.3 is 0 Å². The van der Waals surface area contributed by atoms with Crippen molar-refractivity contribution in [3.05, 3.63) is 54.1 Å². The Morgan fingerprint density at radius 1 is 1.04 bits per heavy atom. The topological polar surface area (TPSA) is 52.2 Å². The highest BCUT2D eigenvalue weighted by molar-refractivity contribution is 5.97. The third-order valence-electron chi connectivity index (χ3n) is 6.10. The second-order valence-corrected chi connectivity index (χ2v) is 7.69. The van der Waals surface area contributed by atoms with Gasteiger partial charge in [-0.15, -0.1) is 0 Å². The molecule has 0 spiro atoms. The van der Waals surface area contributed by atoms with Gasteiger partial charge < -0.3 is 9.88 Å². The molecule has 0 bridgehead atoms. The maximum Gasteiger partial charge on any atom is 0.277 e. The zero-order valence-electron chi connectivity index (χ0n) is 15.7. The lowest BCUT2D eigenvalue weighted by molar-refractivity contribution is 0.0448. The standard InChI is InChI=1S/C22H23FN4O/c23-20-19(22(28)27-13-11-26(12-14-27)16-7-4-8-16)24-21(25-20)18-10-3-6-15-5-1-2-9-17(15)18/h1-3,5-6,9-10,16H,4,7-8,11-14H2,(H,24,25). The Labute approximate surface area is 163 Å². The van der Waals surface area contributed by atoms with Crippen molar-refractivity contribution in [3.63, 3.8) is 0 Å². The highest BCUT2D eigenvalue weighted by atomic mass is 19.1. The second kappa shape index (κ2) is 7.02. The molecule has 1 aliphatic heterocycles. The Kier molecular flexibility index (Phi) is 4.36. The summed E-state index contributed by atoms with van der Waals surface area (Å²) in [5.74, 6) is -0.589. The number of hydrogen-bond acceptors (Lipinski definition) is 3. The molecule has 2 aromatic carbocycles. The van der Waals surface area contributed by atoms with E-state index >= 15 is 0 Å². The Morgan fingerprint density at radius 2 is 1.79 bits per heavy atom. The van der Waals surface area contributed by atoms with Crippen LogP contribution in [0.4, 0.5) is 4.39 Å². The van der Waals surface area contributed by atoms with Gasteiger partial charge in [0, 0.05) is 37.8 Å². The number of aromatic nitrogens is 2. The first kappa shape index (κ1) is 17.4. The van der Waals surface area contributed by atoms with Gasteiger partial charge in [-0.25, -0.2) is 4.98 Å². The van der Waals surface area contributed by atoms with Crippen molar-refractivity contribution >= 4 is 16.7 Å². The molecule has 5 nitrogen and oxygen atoms in total. The molecule has 6 heteroatoms. The Morgan fingerprint density at radius 3 is 2.54 bits per heavy atom. The van der Waals surface area contributed by atoms with Crippen molar-refractivity contribution in [2.75, 3.05) is 26.2 Å². The van der Waals surface area contributed by atoms with E-state index in [0.29, 0.717) is 25.0 Å². The molecule has 28 heavy (non-hydrogen) atoms. The maximum atomic E-state index is 14.6. The van der Waals surface area contributed by atoms with Gasteiger partial charge in [0.2, 0.25) is 5.95 Å². The molecule has 2 heterocycles. The minimum absolute atomic E-state index is 0.111. The molecule has 3 aromatic rings. The molecule has 0 atom stereocenters. The zero-order valence-corrected chi connectivity index (χ0v) is 15.7. The van der Waals surface area contributed by atoms with Crippen molar-refractivity contribution < 1.29 is 9.18 Å². The smallest absolute Gasteiger partial charge is 0.277 e. The minimum Gasteiger partial charge on any atom is -0.335 e. The van der Waals surface area contributed by atoms with E-state index < -0.39 is 5.95 Å². The molecule has 1 aliphatic carbocycles. The summed E-state index contributed by atoms with van der Waals surface area (Å²) < 4.78 is 14.6. The lowest BCUT2D eigenvalue weighted by Gasteiger charge is -2.42. The number of H-pyrrole nitrogens is 1. The van der Waals surface area contributed by atoms with Crippen LogP contribution in [0.3, 0.4) is 0 Å². The number of aromatic amines is 1. The number of rotatable bonds is 3. The van der Waals surface area contributed by atoms with E-state index in [9.17, 15) is 9.18 Å². The van der Waals surface area contributed by atoms with E-state index in [4.69, 9.17) is 0 Å². The lowest BCUT2D eigenvalue weighted by atomic mass is 9.91. The largest absolute Gasteiger partial charge is 0.335 e. The molecular weight excluding hydrogens is 355 g/mol. The first-order valence-corrected chi connectivity index (χ1v) is 9.97. The number of halogens is 1. The normalized spacial score (nSPS) is 18.4. The summed E-state index contributed by atoms with van der Waals surface area (Å²) in [5, 5.41) is 2.03. The summed E-state index contributed by atoms with van der Waals surface area (Å²) in [4.78, 5) is 24.1. The van der Waals surface area contributed by atoms with Gasteiger partial charge in [-0.2, -0.15) is 4.39 Å². The molecule has 1 N–H and O–H groups in total. The van der Waals surface area contributed by atoms with Crippen molar-refractivity contribution in [2.45, 2.75) is 25.3 Å². The van der Waals surface area contributed by atoms with Gasteiger partial charge in [-0.1, -0.05) is 48.9 Å². The second-order valence-electron chi connectivity index (χ2n) is 7.69. The van der Waals surface area contributed by atoms with Crippen LogP contribution >= 0.6 is 0 Å². The molecule has 5 rings (SSSR count). The fraction of sp³-hybridized carbons (Fsp3) is 0.364. The van der Waals surface area contributed by atoms with Crippen molar-refractivity contribution in [3.8, 4) is 11.4 Å². The molecule has 1 saturated carbocycles. The van der Waals surface area contributed by atoms with E-state index in [1.807, 2.05) is 42.5 Å². The zero-order chi connectivity index (χ0) is 19.1. The maximum absolute atomic E-state index is 14.6. The predicted molar refractivity (Wildman–Crippen MR) is 107 cm³/mol. The fourth-order valence-corrected chi connectivity index (χ4v) is 4.24. The SMILES string of the molecule is O=C(c1nc(-c2cccc3ccccc23)[nH]c1F)N1CCN(C2CCC2)CC1. The van der Waals surface area contributed by atoms with E-state index in [-0.39, 0.29) is 11.6 Å². The number of hydrogen-bond donors (Lipinski definition) is 1. The number of piperazine rings is 1. The molecule has 2 aliphatic rings. The number of carbonyl (C=O) groups is 1. The Bertz CT molecular complexity index is 1010. The molecule has 1 amide bonds. The number of benzene rings is 2. The van der Waals surface area contributed by atoms with Crippen molar-refractivity contribution in [2.24, 2.45) is 0 Å². The van der Waals surface area contributed by atoms with Crippen LogP contribution in [0.5, 0.6) is 0 Å². The van der Waals surface area contributed by atoms with Crippen LogP contribution in [-0.2, 0) is 0 Å². The van der Waals surface area contributed by atoms with Crippen LogP contribution in [0.2, 0.25) is 0 Å². The first-order valence-electron chi connectivity index (χ1n) is 9.97. The van der Waals surface area contributed by atoms with Gasteiger partial charge in [0.05, 0.1) is 0 Å². The number of amides is 1. The summed E-state index contributed by atoms with van der Waals surface area (Å²) in [6.07, 6.45) is 3.83. The summed E-state index contributed by atoms with van der Waals surface area (Å²) in [7, 11) is 0. The van der Waals surface area contributed by atoms with Crippen LogP contribution < -0.4 is 0 Å². The number of nitrogens with one attached hydrogen (secondary N) is 1. The summed E-state index contributed by atoms with van der Waals surface area (Å²) in [6.45, 7) is 2.98. The average molecular weight is 378 g/mol.